The van der Waals surface area contributed by atoms with Crippen LogP contribution in [-0.4, -0.2) is 50.4 Å². The zero-order chi connectivity index (χ0) is 16.9. The highest BCUT2D eigenvalue weighted by Crippen LogP contribution is 2.18. The fraction of sp³-hybridized carbons (Fsp3) is 0.562. The number of hydrogen-bond donors (Lipinski definition) is 1. The minimum atomic E-state index is -3.36. The predicted molar refractivity (Wildman–Crippen MR) is 88.7 cm³/mol. The maximum absolute atomic E-state index is 12.1. The van der Waals surface area contributed by atoms with Gasteiger partial charge in [-0.2, -0.15) is 0 Å². The second-order valence-electron chi connectivity index (χ2n) is 6.31. The Labute approximate surface area is 137 Å². The lowest BCUT2D eigenvalue weighted by Gasteiger charge is -2.33. The molecule has 128 valence electrons. The third kappa shape index (κ3) is 5.21. The van der Waals surface area contributed by atoms with Crippen LogP contribution in [0.4, 0.5) is 4.79 Å². The van der Waals surface area contributed by atoms with E-state index in [1.54, 1.807) is 4.90 Å². The summed E-state index contributed by atoms with van der Waals surface area (Å²) in [6.45, 7) is 4.67. The first-order chi connectivity index (χ1) is 10.8. The molecule has 0 saturated carbocycles. The number of nitrogens with zero attached hydrogens (tertiary/aromatic N) is 1. The molecule has 7 heteroatoms. The van der Waals surface area contributed by atoms with E-state index in [-0.39, 0.29) is 12.3 Å². The van der Waals surface area contributed by atoms with Gasteiger partial charge in [-0.05, 0) is 32.3 Å². The Bertz CT molecular complexity index is 629. The normalized spacial score (nSPS) is 15.7. The van der Waals surface area contributed by atoms with Crippen molar-refractivity contribution in [3.63, 3.8) is 0 Å². The predicted octanol–water partition coefficient (Wildman–Crippen LogP) is 1.77. The van der Waals surface area contributed by atoms with E-state index in [2.05, 4.69) is 4.72 Å². The van der Waals surface area contributed by atoms with Crippen LogP contribution in [0.2, 0.25) is 0 Å². The Hall–Kier alpha value is -1.60. The highest BCUT2D eigenvalue weighted by molar-refractivity contribution is 7.89. The first-order valence-electron chi connectivity index (χ1n) is 7.76. The SMILES string of the molecule is CC(C)(CNS(=O)(=O)CCCc1ccccc1)N1CCOC1=O. The van der Waals surface area contributed by atoms with Crippen molar-refractivity contribution >= 4 is 16.1 Å². The van der Waals surface area contributed by atoms with Gasteiger partial charge in [-0.3, -0.25) is 4.90 Å². The third-order valence-corrected chi connectivity index (χ3v) is 5.35. The van der Waals surface area contributed by atoms with Gasteiger partial charge in [-0.15, -0.1) is 0 Å². The van der Waals surface area contributed by atoms with Crippen LogP contribution in [0.5, 0.6) is 0 Å². The van der Waals surface area contributed by atoms with Crippen LogP contribution < -0.4 is 4.72 Å². The quantitative estimate of drug-likeness (QED) is 0.782. The van der Waals surface area contributed by atoms with Gasteiger partial charge >= 0.3 is 6.09 Å². The molecule has 1 fully saturated rings. The largest absolute Gasteiger partial charge is 0.448 e. The molecule has 1 amide bonds. The smallest absolute Gasteiger partial charge is 0.410 e. The second kappa shape index (κ2) is 7.31. The standard InChI is InChI=1S/C16H24N2O4S/c1-16(2,18-10-11-22-15(18)19)13-17-23(20,21)12-6-9-14-7-4-3-5-8-14/h3-5,7-8,17H,6,9-13H2,1-2H3. The van der Waals surface area contributed by atoms with Crippen LogP contribution in [-0.2, 0) is 21.2 Å². The summed E-state index contributed by atoms with van der Waals surface area (Å²) in [6.07, 6.45) is 0.896. The number of sulfonamides is 1. The molecule has 1 saturated heterocycles. The van der Waals surface area contributed by atoms with Gasteiger partial charge in [-0.1, -0.05) is 30.3 Å². The van der Waals surface area contributed by atoms with E-state index in [0.717, 1.165) is 12.0 Å². The van der Waals surface area contributed by atoms with Crippen LogP contribution >= 0.6 is 0 Å². The molecule has 0 unspecified atom stereocenters. The molecule has 6 nitrogen and oxygen atoms in total. The molecule has 0 bridgehead atoms. The molecule has 2 rings (SSSR count). The second-order valence-corrected chi connectivity index (χ2v) is 8.23. The topological polar surface area (TPSA) is 75.7 Å². The lowest BCUT2D eigenvalue weighted by Crippen LogP contribution is -2.52. The monoisotopic (exact) mass is 340 g/mol. The summed E-state index contributed by atoms with van der Waals surface area (Å²) >= 11 is 0. The van der Waals surface area contributed by atoms with Crippen molar-refractivity contribution < 1.29 is 17.9 Å². The van der Waals surface area contributed by atoms with Crippen molar-refractivity contribution in [2.45, 2.75) is 32.2 Å². The van der Waals surface area contributed by atoms with Gasteiger partial charge in [0.05, 0.1) is 17.8 Å². The molecular weight excluding hydrogens is 316 g/mol. The summed E-state index contributed by atoms with van der Waals surface area (Å²) in [5.41, 5.74) is 0.517. The zero-order valence-electron chi connectivity index (χ0n) is 13.6. The van der Waals surface area contributed by atoms with Crippen molar-refractivity contribution in [3.8, 4) is 0 Å². The molecule has 0 aromatic heterocycles. The fourth-order valence-corrected chi connectivity index (χ4v) is 3.75. The number of benzene rings is 1. The number of hydrogen-bond acceptors (Lipinski definition) is 4. The number of ether oxygens (including phenoxy) is 1. The number of carbonyl (C=O) groups excluding carboxylic acids is 1. The maximum Gasteiger partial charge on any atom is 0.410 e. The highest BCUT2D eigenvalue weighted by atomic mass is 32.2. The van der Waals surface area contributed by atoms with Gasteiger partial charge in [0.25, 0.3) is 0 Å². The van der Waals surface area contributed by atoms with Crippen LogP contribution in [0.15, 0.2) is 30.3 Å². The lowest BCUT2D eigenvalue weighted by molar-refractivity contribution is 0.127. The number of rotatable bonds is 8. The van der Waals surface area contributed by atoms with E-state index in [4.69, 9.17) is 4.74 Å². The number of cyclic esters (lactones) is 1. The lowest BCUT2D eigenvalue weighted by atomic mass is 10.0. The molecule has 1 aromatic carbocycles. The number of aryl methyl sites for hydroxylation is 1. The molecule has 0 radical (unpaired) electrons. The molecule has 0 atom stereocenters. The van der Waals surface area contributed by atoms with Gasteiger partial charge in [0.2, 0.25) is 10.0 Å². The van der Waals surface area contributed by atoms with Crippen LogP contribution in [0.3, 0.4) is 0 Å². The summed E-state index contributed by atoms with van der Waals surface area (Å²) < 4.78 is 31.7. The minimum Gasteiger partial charge on any atom is -0.448 e. The summed E-state index contributed by atoms with van der Waals surface area (Å²) in [4.78, 5) is 13.2. The molecule has 23 heavy (non-hydrogen) atoms. The summed E-state index contributed by atoms with van der Waals surface area (Å²) in [6, 6.07) is 9.80. The Morgan fingerprint density at radius 2 is 1.96 bits per heavy atom. The number of carbonyl (C=O) groups is 1. The van der Waals surface area contributed by atoms with E-state index < -0.39 is 21.7 Å². The Morgan fingerprint density at radius 3 is 2.57 bits per heavy atom. The summed E-state index contributed by atoms with van der Waals surface area (Å²) in [5, 5.41) is 0. The molecule has 1 aliphatic heterocycles. The Morgan fingerprint density at radius 1 is 1.26 bits per heavy atom. The van der Waals surface area contributed by atoms with Crippen LogP contribution in [0.1, 0.15) is 25.8 Å². The molecule has 1 N–H and O–H groups in total. The molecule has 1 aromatic rings. The van der Waals surface area contributed by atoms with Gasteiger partial charge in [-0.25, -0.2) is 17.9 Å². The van der Waals surface area contributed by atoms with E-state index in [1.807, 2.05) is 44.2 Å². The van der Waals surface area contributed by atoms with Gasteiger partial charge in [0, 0.05) is 6.54 Å². The van der Waals surface area contributed by atoms with E-state index in [1.165, 1.54) is 0 Å². The van der Waals surface area contributed by atoms with Gasteiger partial charge < -0.3 is 4.74 Å². The first kappa shape index (κ1) is 17.7. The molecule has 1 heterocycles. The molecule has 0 aliphatic carbocycles. The van der Waals surface area contributed by atoms with Crippen molar-refractivity contribution in [2.75, 3.05) is 25.4 Å². The Kier molecular flexibility index (Phi) is 5.64. The van der Waals surface area contributed by atoms with Gasteiger partial charge in [0.15, 0.2) is 0 Å². The fourth-order valence-electron chi connectivity index (χ4n) is 2.51. The van der Waals surface area contributed by atoms with Crippen molar-refractivity contribution in [1.82, 2.24) is 9.62 Å². The van der Waals surface area contributed by atoms with Crippen LogP contribution in [0.25, 0.3) is 0 Å². The molecular formula is C16H24N2O4S. The first-order valence-corrected chi connectivity index (χ1v) is 9.41. The number of amides is 1. The van der Waals surface area contributed by atoms with E-state index in [0.29, 0.717) is 19.6 Å². The average Bonchev–Trinajstić information content (AvgIpc) is 2.94. The summed E-state index contributed by atoms with van der Waals surface area (Å²) in [5.74, 6) is 0.0718. The van der Waals surface area contributed by atoms with Crippen LogP contribution in [0, 0.1) is 0 Å². The van der Waals surface area contributed by atoms with E-state index in [9.17, 15) is 13.2 Å². The Balaban J connectivity index is 1.80. The van der Waals surface area contributed by atoms with Gasteiger partial charge in [0.1, 0.15) is 6.61 Å². The maximum atomic E-state index is 12.1. The summed E-state index contributed by atoms with van der Waals surface area (Å²) in [7, 11) is -3.36. The average molecular weight is 340 g/mol. The minimum absolute atomic E-state index is 0.0718. The van der Waals surface area contributed by atoms with Crippen molar-refractivity contribution in [2.24, 2.45) is 0 Å². The highest BCUT2D eigenvalue weighted by Gasteiger charge is 2.36. The van der Waals surface area contributed by atoms with Crippen molar-refractivity contribution in [1.29, 1.82) is 0 Å². The molecule has 0 spiro atoms. The van der Waals surface area contributed by atoms with Crippen molar-refractivity contribution in [3.05, 3.63) is 35.9 Å². The number of nitrogens with one attached hydrogen (secondary N) is 1. The van der Waals surface area contributed by atoms with E-state index >= 15 is 0 Å². The third-order valence-electron chi connectivity index (χ3n) is 3.94. The zero-order valence-corrected chi connectivity index (χ0v) is 14.4. The molecule has 1 aliphatic rings.